The topological polar surface area (TPSA) is 79.2 Å². The van der Waals surface area contributed by atoms with E-state index in [2.05, 4.69) is 11.6 Å². The van der Waals surface area contributed by atoms with Gasteiger partial charge in [-0.15, -0.1) is 0 Å². The number of aryl methyl sites for hydroxylation is 2. The molecule has 0 saturated carbocycles. The van der Waals surface area contributed by atoms with E-state index in [0.717, 1.165) is 29.7 Å². The quantitative estimate of drug-likeness (QED) is 0.808. The molecule has 1 heterocycles. The number of fused-ring (bicyclic) bond motifs is 1. The van der Waals surface area contributed by atoms with Gasteiger partial charge in [-0.05, 0) is 56.4 Å². The number of hydrogen-bond donors (Lipinski definition) is 2. The van der Waals surface area contributed by atoms with Gasteiger partial charge in [0.15, 0.2) is 0 Å². The van der Waals surface area contributed by atoms with Gasteiger partial charge in [0.05, 0.1) is 11.1 Å². The summed E-state index contributed by atoms with van der Waals surface area (Å²) in [5.41, 5.74) is 9.25. The Kier molecular flexibility index (Phi) is 4.91. The van der Waals surface area contributed by atoms with Crippen molar-refractivity contribution < 1.29 is 14.0 Å². The van der Waals surface area contributed by atoms with Crippen LogP contribution in [0.1, 0.15) is 46.4 Å². The number of halogens is 1. The van der Waals surface area contributed by atoms with E-state index in [1.54, 1.807) is 11.9 Å². The molecule has 1 aromatic heterocycles. The Morgan fingerprint density at radius 2 is 2.11 bits per heavy atom. The number of hydrogen-bond acceptors (Lipinski definition) is 2. The summed E-state index contributed by atoms with van der Waals surface area (Å²) in [7, 11) is 1.74. The number of likely N-dealkylation sites (N-methyl/N-ethyl adjacent to an activating group) is 1. The normalized spacial score (nSPS) is 16.9. The molecule has 1 atom stereocenters. The molecule has 142 valence electrons. The van der Waals surface area contributed by atoms with Gasteiger partial charge in [0.2, 0.25) is 5.91 Å². The molecule has 1 aliphatic carbocycles. The molecule has 0 bridgehead atoms. The Bertz CT molecular complexity index is 987. The number of carbonyl (C=O) groups excluding carboxylic acids is 2. The van der Waals surface area contributed by atoms with E-state index in [4.69, 9.17) is 5.73 Å². The van der Waals surface area contributed by atoms with E-state index in [9.17, 15) is 9.59 Å². The SMILES string of the molecule is C=CC(=O)N(C)C1CCC=C(c2c(F)cc(C(N)=O)c3[nH]c(C)c(C)c23)C1. The lowest BCUT2D eigenvalue weighted by Crippen LogP contribution is -2.37. The molecule has 27 heavy (non-hydrogen) atoms. The first kappa shape index (κ1) is 18.9. The summed E-state index contributed by atoms with van der Waals surface area (Å²) in [6.45, 7) is 7.32. The van der Waals surface area contributed by atoms with Crippen molar-refractivity contribution in [2.24, 2.45) is 5.73 Å². The minimum absolute atomic E-state index is 0.0267. The van der Waals surface area contributed by atoms with Crippen molar-refractivity contribution in [2.75, 3.05) is 7.05 Å². The number of aromatic amines is 1. The van der Waals surface area contributed by atoms with E-state index < -0.39 is 11.7 Å². The number of carbonyl (C=O) groups is 2. The van der Waals surface area contributed by atoms with E-state index >= 15 is 4.39 Å². The fourth-order valence-corrected chi connectivity index (χ4v) is 3.88. The molecular weight excluding hydrogens is 345 g/mol. The second-order valence-electron chi connectivity index (χ2n) is 7.09. The molecule has 1 aromatic carbocycles. The van der Waals surface area contributed by atoms with Gasteiger partial charge in [-0.2, -0.15) is 0 Å². The van der Waals surface area contributed by atoms with Crippen LogP contribution in [0.2, 0.25) is 0 Å². The van der Waals surface area contributed by atoms with Gasteiger partial charge >= 0.3 is 0 Å². The first-order valence-corrected chi connectivity index (χ1v) is 8.96. The van der Waals surface area contributed by atoms with Crippen molar-refractivity contribution in [3.63, 3.8) is 0 Å². The zero-order chi connectivity index (χ0) is 19.9. The second-order valence-corrected chi connectivity index (χ2v) is 7.09. The molecule has 3 N–H and O–H groups in total. The molecule has 3 rings (SSSR count). The number of nitrogens with two attached hydrogens (primary N) is 1. The highest BCUT2D eigenvalue weighted by atomic mass is 19.1. The van der Waals surface area contributed by atoms with Crippen molar-refractivity contribution in [3.8, 4) is 0 Å². The van der Waals surface area contributed by atoms with Gasteiger partial charge in [-0.25, -0.2) is 4.39 Å². The van der Waals surface area contributed by atoms with Gasteiger partial charge in [-0.3, -0.25) is 9.59 Å². The molecule has 2 aromatic rings. The molecule has 0 aliphatic heterocycles. The standard InChI is InChI=1S/C21H24FN3O2/c1-5-17(26)25(4)14-8-6-7-13(9-14)19-16(22)10-15(21(23)27)20-18(19)11(2)12(3)24-20/h5,7,10,14,24H,1,6,8-9H2,2-4H3,(H2,23,27). The summed E-state index contributed by atoms with van der Waals surface area (Å²) in [4.78, 5) is 28.6. The highest BCUT2D eigenvalue weighted by Crippen LogP contribution is 2.38. The molecule has 1 unspecified atom stereocenters. The average Bonchev–Trinajstić information content (AvgIpc) is 2.94. The molecule has 5 nitrogen and oxygen atoms in total. The van der Waals surface area contributed by atoms with E-state index in [1.807, 2.05) is 19.9 Å². The number of allylic oxidation sites excluding steroid dienone is 1. The average molecular weight is 369 g/mol. The highest BCUT2D eigenvalue weighted by Gasteiger charge is 2.27. The Hall–Kier alpha value is -2.89. The summed E-state index contributed by atoms with van der Waals surface area (Å²) < 4.78 is 15.1. The molecule has 2 amide bonds. The van der Waals surface area contributed by atoms with E-state index in [0.29, 0.717) is 22.9 Å². The number of benzene rings is 1. The first-order chi connectivity index (χ1) is 12.8. The molecule has 0 spiro atoms. The largest absolute Gasteiger partial charge is 0.366 e. The van der Waals surface area contributed by atoms with Crippen molar-refractivity contribution in [1.29, 1.82) is 0 Å². The highest BCUT2D eigenvalue weighted by molar-refractivity contribution is 6.09. The third-order valence-corrected chi connectivity index (χ3v) is 5.53. The summed E-state index contributed by atoms with van der Waals surface area (Å²) in [6, 6.07) is 1.18. The maximum atomic E-state index is 15.1. The maximum Gasteiger partial charge on any atom is 0.250 e. The monoisotopic (exact) mass is 369 g/mol. The Morgan fingerprint density at radius 1 is 1.41 bits per heavy atom. The smallest absolute Gasteiger partial charge is 0.250 e. The first-order valence-electron chi connectivity index (χ1n) is 8.96. The molecular formula is C21H24FN3O2. The van der Waals surface area contributed by atoms with Crippen LogP contribution in [0.15, 0.2) is 24.8 Å². The van der Waals surface area contributed by atoms with Gasteiger partial charge in [0.25, 0.3) is 5.91 Å². The van der Waals surface area contributed by atoms with Gasteiger partial charge in [0, 0.05) is 29.7 Å². The van der Waals surface area contributed by atoms with Crippen LogP contribution in [0.4, 0.5) is 4.39 Å². The Labute approximate surface area is 157 Å². The van der Waals surface area contributed by atoms with Crippen LogP contribution in [0.5, 0.6) is 0 Å². The fraction of sp³-hybridized carbons (Fsp3) is 0.333. The third-order valence-electron chi connectivity index (χ3n) is 5.53. The lowest BCUT2D eigenvalue weighted by Gasteiger charge is -2.31. The van der Waals surface area contributed by atoms with Crippen molar-refractivity contribution in [2.45, 2.75) is 39.2 Å². The zero-order valence-corrected chi connectivity index (χ0v) is 15.9. The number of primary amides is 1. The van der Waals surface area contributed by atoms with Gasteiger partial charge in [-0.1, -0.05) is 12.7 Å². The predicted molar refractivity (Wildman–Crippen MR) is 105 cm³/mol. The second kappa shape index (κ2) is 7.02. The Balaban J connectivity index is 2.14. The number of H-pyrrole nitrogens is 1. The van der Waals surface area contributed by atoms with Crippen molar-refractivity contribution in [3.05, 3.63) is 53.0 Å². The molecule has 0 fully saturated rings. The molecule has 6 heteroatoms. The summed E-state index contributed by atoms with van der Waals surface area (Å²) in [5.74, 6) is -1.29. The van der Waals surface area contributed by atoms with Crippen LogP contribution in [0, 0.1) is 19.7 Å². The van der Waals surface area contributed by atoms with Crippen molar-refractivity contribution >= 4 is 28.3 Å². The number of nitrogens with one attached hydrogen (secondary N) is 1. The summed E-state index contributed by atoms with van der Waals surface area (Å²) in [5, 5.41) is 0.686. The van der Waals surface area contributed by atoms with Crippen LogP contribution in [0.3, 0.4) is 0 Å². The molecule has 0 saturated heterocycles. The maximum absolute atomic E-state index is 15.1. The van der Waals surface area contributed by atoms with E-state index in [1.165, 1.54) is 12.1 Å². The van der Waals surface area contributed by atoms with Gasteiger partial charge in [0.1, 0.15) is 5.82 Å². The van der Waals surface area contributed by atoms with Crippen molar-refractivity contribution in [1.82, 2.24) is 9.88 Å². The predicted octanol–water partition coefficient (Wildman–Crippen LogP) is 3.60. The van der Waals surface area contributed by atoms with E-state index in [-0.39, 0.29) is 17.5 Å². The zero-order valence-electron chi connectivity index (χ0n) is 15.9. The minimum Gasteiger partial charge on any atom is -0.366 e. The summed E-state index contributed by atoms with van der Waals surface area (Å²) >= 11 is 0. The summed E-state index contributed by atoms with van der Waals surface area (Å²) in [6.07, 6.45) is 5.41. The number of rotatable bonds is 4. The number of nitrogens with zero attached hydrogens (tertiary/aromatic N) is 1. The lowest BCUT2D eigenvalue weighted by atomic mass is 9.86. The fourth-order valence-electron chi connectivity index (χ4n) is 3.88. The third kappa shape index (κ3) is 3.16. The lowest BCUT2D eigenvalue weighted by molar-refractivity contribution is -0.126. The Morgan fingerprint density at radius 3 is 2.74 bits per heavy atom. The minimum atomic E-state index is -0.668. The number of amides is 2. The number of aromatic nitrogens is 1. The van der Waals surface area contributed by atoms with Crippen LogP contribution in [0.25, 0.3) is 16.5 Å². The molecule has 0 radical (unpaired) electrons. The van der Waals surface area contributed by atoms with Crippen LogP contribution in [-0.2, 0) is 4.79 Å². The van der Waals surface area contributed by atoms with Crippen LogP contribution >= 0.6 is 0 Å². The molecule has 1 aliphatic rings. The van der Waals surface area contributed by atoms with Crippen LogP contribution < -0.4 is 5.73 Å². The van der Waals surface area contributed by atoms with Gasteiger partial charge < -0.3 is 15.6 Å². The van der Waals surface area contributed by atoms with Crippen LogP contribution in [-0.4, -0.2) is 34.8 Å².